The number of ketones is 1. The summed E-state index contributed by atoms with van der Waals surface area (Å²) in [4.78, 5) is 36.0. The first-order chi connectivity index (χ1) is 14.5. The van der Waals surface area contributed by atoms with Crippen molar-refractivity contribution >= 4 is 23.3 Å². The summed E-state index contributed by atoms with van der Waals surface area (Å²) in [6, 6.07) is 20.6. The first-order valence-electron chi connectivity index (χ1n) is 9.05. The van der Waals surface area contributed by atoms with E-state index in [-0.39, 0.29) is 11.7 Å². The van der Waals surface area contributed by atoms with E-state index in [9.17, 15) is 18.8 Å². The van der Waals surface area contributed by atoms with E-state index in [4.69, 9.17) is 9.47 Å². The number of carbonyl (C=O) groups excluding carboxylic acids is 3. The van der Waals surface area contributed by atoms with Crippen LogP contribution in [0.15, 0.2) is 78.9 Å². The van der Waals surface area contributed by atoms with Gasteiger partial charge in [0.1, 0.15) is 0 Å². The summed E-state index contributed by atoms with van der Waals surface area (Å²) in [6.07, 6.45) is 0. The molecule has 3 aromatic rings. The zero-order valence-electron chi connectivity index (χ0n) is 15.8. The quantitative estimate of drug-likeness (QED) is 0.453. The van der Waals surface area contributed by atoms with Gasteiger partial charge in [0.15, 0.2) is 30.6 Å². The van der Waals surface area contributed by atoms with Gasteiger partial charge in [-0.15, -0.1) is 0 Å². The minimum Gasteiger partial charge on any atom is -0.479 e. The van der Waals surface area contributed by atoms with Crippen molar-refractivity contribution in [2.24, 2.45) is 0 Å². The van der Waals surface area contributed by atoms with Gasteiger partial charge in [0.25, 0.3) is 5.91 Å². The summed E-state index contributed by atoms with van der Waals surface area (Å²) in [5.41, 5.74) is 1.35. The molecule has 7 heteroatoms. The number of nitrogens with one attached hydrogen (secondary N) is 1. The zero-order valence-corrected chi connectivity index (χ0v) is 15.8. The fourth-order valence-corrected chi connectivity index (χ4v) is 2.50. The van der Waals surface area contributed by atoms with Crippen LogP contribution in [0.25, 0.3) is 0 Å². The van der Waals surface area contributed by atoms with Crippen molar-refractivity contribution in [3.63, 3.8) is 0 Å². The molecule has 0 saturated heterocycles. The molecule has 0 heterocycles. The number of Topliss-reactive ketones (excluding diaryl/α,β-unsaturated/α-hetero) is 1. The van der Waals surface area contributed by atoms with Crippen LogP contribution < -0.4 is 10.1 Å². The number of hydrogen-bond donors (Lipinski definition) is 1. The van der Waals surface area contributed by atoms with Gasteiger partial charge in [0.05, 0.1) is 0 Å². The summed E-state index contributed by atoms with van der Waals surface area (Å²) in [5.74, 6) is -2.15. The van der Waals surface area contributed by atoms with Gasteiger partial charge in [0, 0.05) is 16.8 Å². The number of halogens is 1. The molecule has 0 aliphatic heterocycles. The fourth-order valence-electron chi connectivity index (χ4n) is 2.50. The Morgan fingerprint density at radius 1 is 0.767 bits per heavy atom. The van der Waals surface area contributed by atoms with Crippen LogP contribution in [-0.4, -0.2) is 30.9 Å². The molecule has 0 radical (unpaired) electrons. The summed E-state index contributed by atoms with van der Waals surface area (Å²) in [6.45, 7) is -0.992. The van der Waals surface area contributed by atoms with Crippen molar-refractivity contribution in [3.05, 3.63) is 95.8 Å². The highest BCUT2D eigenvalue weighted by atomic mass is 19.1. The maximum Gasteiger partial charge on any atom is 0.344 e. The Balaban J connectivity index is 1.47. The second kappa shape index (κ2) is 9.97. The van der Waals surface area contributed by atoms with Gasteiger partial charge >= 0.3 is 5.97 Å². The monoisotopic (exact) mass is 407 g/mol. The molecule has 3 aromatic carbocycles. The first-order valence-corrected chi connectivity index (χ1v) is 9.05. The van der Waals surface area contributed by atoms with Crippen LogP contribution in [0.1, 0.15) is 20.7 Å². The van der Waals surface area contributed by atoms with Gasteiger partial charge < -0.3 is 14.8 Å². The van der Waals surface area contributed by atoms with Crippen molar-refractivity contribution in [2.45, 2.75) is 0 Å². The molecule has 1 amide bonds. The lowest BCUT2D eigenvalue weighted by atomic mass is 10.1. The minimum atomic E-state index is -0.793. The van der Waals surface area contributed by atoms with E-state index in [1.165, 1.54) is 30.3 Å². The molecule has 0 aromatic heterocycles. The molecule has 0 atom stereocenters. The number of hydrogen-bond acceptors (Lipinski definition) is 5. The third kappa shape index (κ3) is 5.75. The van der Waals surface area contributed by atoms with Crippen molar-refractivity contribution in [1.29, 1.82) is 0 Å². The van der Waals surface area contributed by atoms with Crippen LogP contribution in [0.3, 0.4) is 0 Å². The summed E-state index contributed by atoms with van der Waals surface area (Å²) in [5, 5.41) is 2.73. The Hall–Kier alpha value is -4.00. The van der Waals surface area contributed by atoms with Crippen molar-refractivity contribution < 1.29 is 28.2 Å². The lowest BCUT2D eigenvalue weighted by molar-refractivity contribution is -0.144. The Labute approximate surface area is 172 Å². The molecule has 0 spiro atoms. The average molecular weight is 407 g/mol. The van der Waals surface area contributed by atoms with Crippen molar-refractivity contribution in [1.82, 2.24) is 0 Å². The molecule has 0 fully saturated rings. The third-order valence-corrected chi connectivity index (χ3v) is 4.05. The molecular weight excluding hydrogens is 389 g/mol. The first kappa shape index (κ1) is 20.7. The van der Waals surface area contributed by atoms with Crippen LogP contribution in [0.4, 0.5) is 10.1 Å². The number of benzene rings is 3. The van der Waals surface area contributed by atoms with Crippen LogP contribution >= 0.6 is 0 Å². The van der Waals surface area contributed by atoms with Gasteiger partial charge in [-0.3, -0.25) is 9.59 Å². The van der Waals surface area contributed by atoms with E-state index in [0.29, 0.717) is 16.8 Å². The van der Waals surface area contributed by atoms with Crippen LogP contribution in [0.2, 0.25) is 0 Å². The number of amides is 1. The standard InChI is InChI=1S/C23H18FNO5/c24-19-8-4-5-9-21(19)29-15-22(27)30-14-20(26)16-10-12-18(13-11-16)25-23(28)17-6-2-1-3-7-17/h1-13H,14-15H2,(H,25,28). The van der Waals surface area contributed by atoms with Crippen LogP contribution in [-0.2, 0) is 9.53 Å². The summed E-state index contributed by atoms with van der Waals surface area (Å²) < 4.78 is 23.3. The number of rotatable bonds is 8. The van der Waals surface area contributed by atoms with Gasteiger partial charge in [-0.05, 0) is 48.5 Å². The molecule has 0 aliphatic rings. The topological polar surface area (TPSA) is 81.7 Å². The molecule has 152 valence electrons. The van der Waals surface area contributed by atoms with E-state index in [0.717, 1.165) is 0 Å². The number of ether oxygens (including phenoxy) is 2. The van der Waals surface area contributed by atoms with E-state index in [1.807, 2.05) is 6.07 Å². The number of carbonyl (C=O) groups is 3. The number of anilines is 1. The lowest BCUT2D eigenvalue weighted by Crippen LogP contribution is -2.19. The van der Waals surface area contributed by atoms with Crippen molar-refractivity contribution in [2.75, 3.05) is 18.5 Å². The number of esters is 1. The Morgan fingerprint density at radius 2 is 1.43 bits per heavy atom. The average Bonchev–Trinajstić information content (AvgIpc) is 2.78. The van der Waals surface area contributed by atoms with Crippen LogP contribution in [0, 0.1) is 5.82 Å². The largest absolute Gasteiger partial charge is 0.479 e. The number of para-hydroxylation sites is 1. The van der Waals surface area contributed by atoms with Crippen molar-refractivity contribution in [3.8, 4) is 5.75 Å². The second-order valence-corrected chi connectivity index (χ2v) is 6.20. The molecule has 0 aliphatic carbocycles. The molecule has 6 nitrogen and oxygen atoms in total. The highest BCUT2D eigenvalue weighted by Gasteiger charge is 2.12. The normalized spacial score (nSPS) is 10.2. The van der Waals surface area contributed by atoms with E-state index in [1.54, 1.807) is 42.5 Å². The highest BCUT2D eigenvalue weighted by Crippen LogP contribution is 2.15. The highest BCUT2D eigenvalue weighted by molar-refractivity contribution is 6.04. The zero-order chi connectivity index (χ0) is 21.3. The predicted octanol–water partition coefficient (Wildman–Crippen LogP) is 3.88. The van der Waals surface area contributed by atoms with Crippen LogP contribution in [0.5, 0.6) is 5.75 Å². The van der Waals surface area contributed by atoms with Gasteiger partial charge in [-0.1, -0.05) is 30.3 Å². The van der Waals surface area contributed by atoms with E-state index >= 15 is 0 Å². The SMILES string of the molecule is O=C(COc1ccccc1F)OCC(=O)c1ccc(NC(=O)c2ccccc2)cc1. The van der Waals surface area contributed by atoms with E-state index < -0.39 is 30.8 Å². The van der Waals surface area contributed by atoms with E-state index in [2.05, 4.69) is 5.32 Å². The Bertz CT molecular complexity index is 1030. The Kier molecular flexibility index (Phi) is 6.89. The third-order valence-electron chi connectivity index (χ3n) is 4.05. The fraction of sp³-hybridized carbons (Fsp3) is 0.0870. The summed E-state index contributed by atoms with van der Waals surface area (Å²) in [7, 11) is 0. The molecule has 0 saturated carbocycles. The maximum atomic E-state index is 13.4. The molecular formula is C23H18FNO5. The molecule has 3 rings (SSSR count). The molecule has 0 bridgehead atoms. The van der Waals surface area contributed by atoms with Gasteiger partial charge in [-0.25, -0.2) is 9.18 Å². The molecule has 30 heavy (non-hydrogen) atoms. The smallest absolute Gasteiger partial charge is 0.344 e. The maximum absolute atomic E-state index is 13.4. The van der Waals surface area contributed by atoms with Gasteiger partial charge in [0.2, 0.25) is 0 Å². The summed E-state index contributed by atoms with van der Waals surface area (Å²) >= 11 is 0. The molecule has 0 unspecified atom stereocenters. The molecule has 1 N–H and O–H groups in total. The Morgan fingerprint density at radius 3 is 2.13 bits per heavy atom. The second-order valence-electron chi connectivity index (χ2n) is 6.20. The van der Waals surface area contributed by atoms with Gasteiger partial charge in [-0.2, -0.15) is 0 Å². The minimum absolute atomic E-state index is 0.0751. The lowest BCUT2D eigenvalue weighted by Gasteiger charge is -2.08. The predicted molar refractivity (Wildman–Crippen MR) is 108 cm³/mol.